The van der Waals surface area contributed by atoms with E-state index in [1.807, 2.05) is 18.2 Å². The Kier molecular flexibility index (Phi) is 4.05. The van der Waals surface area contributed by atoms with Crippen LogP contribution in [-0.4, -0.2) is 42.2 Å². The summed E-state index contributed by atoms with van der Waals surface area (Å²) in [7, 11) is -3.52. The molecule has 3 unspecified atom stereocenters. The molecule has 1 N–H and O–H groups in total. The maximum atomic E-state index is 12.8. The Morgan fingerprint density at radius 2 is 1.92 bits per heavy atom. The number of benzene rings is 1. The molecule has 1 aromatic carbocycles. The molecule has 4 rings (SSSR count). The summed E-state index contributed by atoms with van der Waals surface area (Å²) in [6, 6.07) is 12.3. The van der Waals surface area contributed by atoms with Gasteiger partial charge in [0, 0.05) is 36.6 Å². The molecule has 2 bridgehead atoms. The lowest BCUT2D eigenvalue weighted by Crippen LogP contribution is -2.47. The molecule has 1 saturated heterocycles. The molecular weight excluding hydrogens is 338 g/mol. The van der Waals surface area contributed by atoms with Crippen LogP contribution >= 0.6 is 0 Å². The molecule has 0 radical (unpaired) electrons. The van der Waals surface area contributed by atoms with Crippen molar-refractivity contribution >= 4 is 15.9 Å². The summed E-state index contributed by atoms with van der Waals surface area (Å²) in [6.07, 6.45) is 4.39. The largest absolute Gasteiger partial charge is 0.349 e. The first kappa shape index (κ1) is 16.2. The maximum absolute atomic E-state index is 12.8. The maximum Gasteiger partial charge on any atom is 0.251 e. The van der Waals surface area contributed by atoms with E-state index >= 15 is 0 Å². The van der Waals surface area contributed by atoms with E-state index in [0.717, 1.165) is 6.42 Å². The fourth-order valence-electron chi connectivity index (χ4n) is 3.86. The summed E-state index contributed by atoms with van der Waals surface area (Å²) in [5.74, 6) is 0.0592. The fourth-order valence-corrected chi connectivity index (χ4v) is 5.53. The number of sulfonamides is 1. The SMILES string of the molecule is O=C(NC1CC2CC1CN2S(=O)(=O)c1cccnc1)c1ccccc1. The van der Waals surface area contributed by atoms with Crippen LogP contribution < -0.4 is 5.32 Å². The van der Waals surface area contributed by atoms with Gasteiger partial charge in [-0.2, -0.15) is 4.31 Å². The van der Waals surface area contributed by atoms with Crippen molar-refractivity contribution in [3.8, 4) is 0 Å². The highest BCUT2D eigenvalue weighted by Crippen LogP contribution is 2.40. The minimum atomic E-state index is -3.52. The number of hydrogen-bond acceptors (Lipinski definition) is 4. The average molecular weight is 357 g/mol. The number of rotatable bonds is 4. The van der Waals surface area contributed by atoms with Gasteiger partial charge in [0.1, 0.15) is 4.90 Å². The van der Waals surface area contributed by atoms with Crippen molar-refractivity contribution in [1.29, 1.82) is 0 Å². The molecule has 2 heterocycles. The molecule has 6 nitrogen and oxygen atoms in total. The van der Waals surface area contributed by atoms with Crippen LogP contribution in [0.15, 0.2) is 59.8 Å². The van der Waals surface area contributed by atoms with Crippen LogP contribution in [-0.2, 0) is 10.0 Å². The summed E-state index contributed by atoms with van der Waals surface area (Å²) in [5, 5.41) is 3.07. The van der Waals surface area contributed by atoms with Gasteiger partial charge in [0.05, 0.1) is 0 Å². The molecule has 1 aliphatic carbocycles. The van der Waals surface area contributed by atoms with E-state index in [0.29, 0.717) is 18.5 Å². The monoisotopic (exact) mass is 357 g/mol. The van der Waals surface area contributed by atoms with E-state index < -0.39 is 10.0 Å². The molecule has 0 spiro atoms. The van der Waals surface area contributed by atoms with Crippen LogP contribution in [0.5, 0.6) is 0 Å². The lowest BCUT2D eigenvalue weighted by Gasteiger charge is -2.31. The van der Waals surface area contributed by atoms with E-state index in [1.54, 1.807) is 34.8 Å². The minimum Gasteiger partial charge on any atom is -0.349 e. The Morgan fingerprint density at radius 3 is 2.56 bits per heavy atom. The van der Waals surface area contributed by atoms with E-state index in [2.05, 4.69) is 10.3 Å². The van der Waals surface area contributed by atoms with Crippen molar-refractivity contribution in [3.05, 3.63) is 60.4 Å². The molecule has 3 atom stereocenters. The Hall–Kier alpha value is -2.25. The van der Waals surface area contributed by atoms with Crippen molar-refractivity contribution in [2.75, 3.05) is 6.54 Å². The number of nitrogens with zero attached hydrogens (tertiary/aromatic N) is 2. The predicted octanol–water partition coefficient (Wildman–Crippen LogP) is 1.66. The van der Waals surface area contributed by atoms with Gasteiger partial charge in [0.15, 0.2) is 0 Å². The Balaban J connectivity index is 1.45. The zero-order valence-electron chi connectivity index (χ0n) is 13.6. The predicted molar refractivity (Wildman–Crippen MR) is 92.3 cm³/mol. The van der Waals surface area contributed by atoms with Crippen molar-refractivity contribution in [1.82, 2.24) is 14.6 Å². The summed E-state index contributed by atoms with van der Waals surface area (Å²) in [5.41, 5.74) is 0.630. The number of aromatic nitrogens is 1. The first-order valence-electron chi connectivity index (χ1n) is 8.33. The number of carbonyl (C=O) groups excluding carboxylic acids is 1. The molecule has 130 valence electrons. The lowest BCUT2D eigenvalue weighted by atomic mass is 10.0. The third-order valence-corrected chi connectivity index (χ3v) is 6.99. The fraction of sp³-hybridized carbons (Fsp3) is 0.333. The second kappa shape index (κ2) is 6.24. The van der Waals surface area contributed by atoms with Gasteiger partial charge in [0.2, 0.25) is 10.0 Å². The first-order valence-corrected chi connectivity index (χ1v) is 9.77. The van der Waals surface area contributed by atoms with Gasteiger partial charge in [-0.25, -0.2) is 8.42 Å². The van der Waals surface area contributed by atoms with E-state index in [-0.39, 0.29) is 28.8 Å². The van der Waals surface area contributed by atoms with Crippen molar-refractivity contribution < 1.29 is 13.2 Å². The lowest BCUT2D eigenvalue weighted by molar-refractivity contribution is 0.0919. The minimum absolute atomic E-state index is 0.0260. The molecule has 1 saturated carbocycles. The summed E-state index contributed by atoms with van der Waals surface area (Å²) in [4.78, 5) is 16.5. The average Bonchev–Trinajstić information content (AvgIpc) is 3.24. The third-order valence-electron chi connectivity index (χ3n) is 5.09. The number of amides is 1. The number of carbonyl (C=O) groups is 1. The summed E-state index contributed by atoms with van der Waals surface area (Å²) < 4.78 is 27.1. The third kappa shape index (κ3) is 2.94. The van der Waals surface area contributed by atoms with Crippen LogP contribution in [0.25, 0.3) is 0 Å². The second-order valence-electron chi connectivity index (χ2n) is 6.59. The molecule has 1 amide bonds. The molecule has 2 aromatic rings. The molecule has 25 heavy (non-hydrogen) atoms. The van der Waals surface area contributed by atoms with Crippen molar-refractivity contribution in [2.24, 2.45) is 5.92 Å². The Morgan fingerprint density at radius 1 is 1.12 bits per heavy atom. The molecule has 1 aromatic heterocycles. The van der Waals surface area contributed by atoms with Gasteiger partial charge in [-0.1, -0.05) is 18.2 Å². The van der Waals surface area contributed by atoms with Gasteiger partial charge in [-0.3, -0.25) is 9.78 Å². The molecular formula is C18H19N3O3S. The molecule has 2 aliphatic rings. The summed E-state index contributed by atoms with van der Waals surface area (Å²) in [6.45, 7) is 0.446. The standard InChI is InChI=1S/C18H19N3O3S/c22-18(13-5-2-1-3-6-13)20-17-10-15-9-14(17)12-21(15)25(23,24)16-7-4-8-19-11-16/h1-8,11,14-15,17H,9-10,12H2,(H,20,22). The highest BCUT2D eigenvalue weighted by molar-refractivity contribution is 7.89. The summed E-state index contributed by atoms with van der Waals surface area (Å²) >= 11 is 0. The molecule has 1 aliphatic heterocycles. The van der Waals surface area contributed by atoms with Crippen LogP contribution in [0, 0.1) is 5.92 Å². The van der Waals surface area contributed by atoms with Crippen molar-refractivity contribution in [2.45, 2.75) is 29.8 Å². The van der Waals surface area contributed by atoms with E-state index in [1.165, 1.54) is 6.20 Å². The highest BCUT2D eigenvalue weighted by atomic mass is 32.2. The topological polar surface area (TPSA) is 79.4 Å². The van der Waals surface area contributed by atoms with Crippen LogP contribution in [0.2, 0.25) is 0 Å². The van der Waals surface area contributed by atoms with Gasteiger partial charge in [-0.05, 0) is 43.0 Å². The zero-order valence-corrected chi connectivity index (χ0v) is 14.4. The Bertz CT molecular complexity index is 871. The number of piperidine rings is 1. The molecule has 7 heteroatoms. The molecule has 2 fully saturated rings. The van der Waals surface area contributed by atoms with Gasteiger partial charge < -0.3 is 5.32 Å². The van der Waals surface area contributed by atoms with E-state index in [4.69, 9.17) is 0 Å². The smallest absolute Gasteiger partial charge is 0.251 e. The van der Waals surface area contributed by atoms with E-state index in [9.17, 15) is 13.2 Å². The van der Waals surface area contributed by atoms with Crippen LogP contribution in [0.4, 0.5) is 0 Å². The normalized spacial score (nSPS) is 25.8. The van der Waals surface area contributed by atoms with Crippen molar-refractivity contribution in [3.63, 3.8) is 0 Å². The van der Waals surface area contributed by atoms with Gasteiger partial charge in [-0.15, -0.1) is 0 Å². The Labute approximate surface area is 146 Å². The van der Waals surface area contributed by atoms with Crippen LogP contribution in [0.3, 0.4) is 0 Å². The number of hydrogen-bond donors (Lipinski definition) is 1. The first-order chi connectivity index (χ1) is 12.1. The van der Waals surface area contributed by atoms with Gasteiger partial charge in [0.25, 0.3) is 5.91 Å². The number of nitrogens with one attached hydrogen (secondary N) is 1. The van der Waals surface area contributed by atoms with Gasteiger partial charge >= 0.3 is 0 Å². The second-order valence-corrected chi connectivity index (χ2v) is 8.49. The quantitative estimate of drug-likeness (QED) is 0.903. The zero-order chi connectivity index (χ0) is 17.4. The highest BCUT2D eigenvalue weighted by Gasteiger charge is 2.49. The van der Waals surface area contributed by atoms with Crippen LogP contribution in [0.1, 0.15) is 23.2 Å². The number of fused-ring (bicyclic) bond motifs is 2. The number of pyridine rings is 1.